The van der Waals surface area contributed by atoms with Crippen LogP contribution in [0.3, 0.4) is 0 Å². The molecule has 2 aromatic carbocycles. The number of methoxy groups -OCH3 is 1. The molecule has 0 aliphatic rings. The Labute approximate surface area is 139 Å². The van der Waals surface area contributed by atoms with Crippen LogP contribution in [0.2, 0.25) is 0 Å². The van der Waals surface area contributed by atoms with Crippen LogP contribution in [0, 0.1) is 0 Å². The Morgan fingerprint density at radius 3 is 2.54 bits per heavy atom. The van der Waals surface area contributed by atoms with Gasteiger partial charge in [0.2, 0.25) is 0 Å². The lowest BCUT2D eigenvalue weighted by Gasteiger charge is -2.11. The molecule has 24 heavy (non-hydrogen) atoms. The van der Waals surface area contributed by atoms with Gasteiger partial charge in [0.25, 0.3) is 0 Å². The summed E-state index contributed by atoms with van der Waals surface area (Å²) in [7, 11) is -2.24. The van der Waals surface area contributed by atoms with E-state index < -0.39 is 21.6 Å². The molecule has 0 atom stereocenters. The highest BCUT2D eigenvalue weighted by molar-refractivity contribution is 7.91. The van der Waals surface area contributed by atoms with Gasteiger partial charge in [0.15, 0.2) is 9.84 Å². The van der Waals surface area contributed by atoms with E-state index in [-0.39, 0.29) is 34.3 Å². The average Bonchev–Trinajstić information content (AvgIpc) is 2.56. The third-order valence-electron chi connectivity index (χ3n) is 3.22. The van der Waals surface area contributed by atoms with Gasteiger partial charge in [0.1, 0.15) is 34.3 Å². The van der Waals surface area contributed by atoms with Gasteiger partial charge in [0, 0.05) is 0 Å². The zero-order valence-electron chi connectivity index (χ0n) is 12.8. The van der Waals surface area contributed by atoms with Crippen molar-refractivity contribution in [1.29, 1.82) is 0 Å². The molecular weight excluding hydrogens is 336 g/mol. The highest BCUT2D eigenvalue weighted by atomic mass is 32.2. The summed E-state index contributed by atoms with van der Waals surface area (Å²) >= 11 is 0. The third kappa shape index (κ3) is 3.96. The second kappa shape index (κ2) is 7.22. The molecule has 2 aromatic rings. The van der Waals surface area contributed by atoms with Crippen LogP contribution in [-0.4, -0.2) is 44.1 Å². The number of carbonyl (C=O) groups is 1. The van der Waals surface area contributed by atoms with Crippen molar-refractivity contribution in [1.82, 2.24) is 0 Å². The molecule has 0 spiro atoms. The lowest BCUT2D eigenvalue weighted by atomic mass is 10.2. The number of sulfone groups is 1. The van der Waals surface area contributed by atoms with Crippen LogP contribution in [-0.2, 0) is 9.84 Å². The molecule has 2 N–H and O–H groups in total. The number of rotatable bonds is 7. The fourth-order valence-electron chi connectivity index (χ4n) is 2.03. The summed E-state index contributed by atoms with van der Waals surface area (Å²) < 4.78 is 35.0. The second-order valence-corrected chi connectivity index (χ2v) is 6.88. The van der Waals surface area contributed by atoms with Gasteiger partial charge in [-0.25, -0.2) is 13.2 Å². The number of hydrogen-bond acceptors (Lipinski definition) is 6. The molecule has 0 aliphatic carbocycles. The first-order chi connectivity index (χ1) is 11.3. The van der Waals surface area contributed by atoms with Crippen molar-refractivity contribution in [2.45, 2.75) is 4.90 Å². The Morgan fingerprint density at radius 2 is 1.88 bits per heavy atom. The number of carboxylic acids is 1. The van der Waals surface area contributed by atoms with Crippen molar-refractivity contribution in [2.75, 3.05) is 19.5 Å². The van der Waals surface area contributed by atoms with Gasteiger partial charge in [-0.1, -0.05) is 12.1 Å². The van der Waals surface area contributed by atoms with Crippen LogP contribution in [0.25, 0.3) is 0 Å². The SMILES string of the molecule is COc1ccccc1S(=O)(=O)CCOc1ccc(O)c(C(=O)O)c1. The maximum atomic E-state index is 12.3. The largest absolute Gasteiger partial charge is 0.507 e. The van der Waals surface area contributed by atoms with E-state index in [0.29, 0.717) is 0 Å². The van der Waals surface area contributed by atoms with Crippen molar-refractivity contribution in [2.24, 2.45) is 0 Å². The molecule has 0 aromatic heterocycles. The van der Waals surface area contributed by atoms with Crippen LogP contribution < -0.4 is 9.47 Å². The van der Waals surface area contributed by atoms with Crippen LogP contribution in [0.5, 0.6) is 17.2 Å². The molecule has 0 radical (unpaired) electrons. The molecule has 0 amide bonds. The van der Waals surface area contributed by atoms with E-state index in [9.17, 15) is 18.3 Å². The Morgan fingerprint density at radius 1 is 1.17 bits per heavy atom. The number of carboxylic acid groups (broad SMARTS) is 1. The lowest BCUT2D eigenvalue weighted by molar-refractivity contribution is 0.0693. The van der Waals surface area contributed by atoms with Crippen molar-refractivity contribution in [3.8, 4) is 17.2 Å². The van der Waals surface area contributed by atoms with E-state index >= 15 is 0 Å². The zero-order valence-corrected chi connectivity index (χ0v) is 13.6. The van der Waals surface area contributed by atoms with Crippen LogP contribution in [0.15, 0.2) is 47.4 Å². The summed E-state index contributed by atoms with van der Waals surface area (Å²) in [5.74, 6) is -1.61. The smallest absolute Gasteiger partial charge is 0.339 e. The molecule has 0 unspecified atom stereocenters. The summed E-state index contributed by atoms with van der Waals surface area (Å²) in [5.41, 5.74) is -0.319. The zero-order chi connectivity index (χ0) is 17.7. The van der Waals surface area contributed by atoms with E-state index in [1.165, 1.54) is 25.3 Å². The van der Waals surface area contributed by atoms with Crippen molar-refractivity contribution in [3.05, 3.63) is 48.0 Å². The van der Waals surface area contributed by atoms with Crippen molar-refractivity contribution < 1.29 is 32.9 Å². The van der Waals surface area contributed by atoms with E-state index in [4.69, 9.17) is 14.6 Å². The number of aromatic carboxylic acids is 1. The van der Waals surface area contributed by atoms with Gasteiger partial charge in [0.05, 0.1) is 12.9 Å². The molecule has 2 rings (SSSR count). The maximum Gasteiger partial charge on any atom is 0.339 e. The summed E-state index contributed by atoms with van der Waals surface area (Å²) in [6.45, 7) is -0.176. The van der Waals surface area contributed by atoms with Crippen molar-refractivity contribution in [3.63, 3.8) is 0 Å². The maximum absolute atomic E-state index is 12.3. The molecule has 0 heterocycles. The van der Waals surface area contributed by atoms with Crippen LogP contribution >= 0.6 is 0 Å². The fourth-order valence-corrected chi connectivity index (χ4v) is 3.30. The van der Waals surface area contributed by atoms with E-state index in [0.717, 1.165) is 6.07 Å². The van der Waals surface area contributed by atoms with Gasteiger partial charge in [-0.05, 0) is 30.3 Å². The molecule has 0 saturated heterocycles. The minimum atomic E-state index is -3.62. The van der Waals surface area contributed by atoms with E-state index in [1.54, 1.807) is 18.2 Å². The highest BCUT2D eigenvalue weighted by Gasteiger charge is 2.19. The Hall–Kier alpha value is -2.74. The van der Waals surface area contributed by atoms with Crippen LogP contribution in [0.1, 0.15) is 10.4 Å². The molecule has 0 fully saturated rings. The third-order valence-corrected chi connectivity index (χ3v) is 4.93. The monoisotopic (exact) mass is 352 g/mol. The van der Waals surface area contributed by atoms with Gasteiger partial charge >= 0.3 is 5.97 Å². The first kappa shape index (κ1) is 17.6. The molecule has 0 aliphatic heterocycles. The van der Waals surface area contributed by atoms with E-state index in [1.807, 2.05) is 0 Å². The molecule has 7 nitrogen and oxygen atoms in total. The number of para-hydroxylation sites is 1. The molecule has 8 heteroatoms. The Kier molecular flexibility index (Phi) is 5.30. The second-order valence-electron chi connectivity index (χ2n) is 4.80. The van der Waals surface area contributed by atoms with Crippen molar-refractivity contribution >= 4 is 15.8 Å². The van der Waals surface area contributed by atoms with Gasteiger partial charge in [-0.3, -0.25) is 0 Å². The minimum absolute atomic E-state index is 0.0630. The van der Waals surface area contributed by atoms with Gasteiger partial charge in [-0.15, -0.1) is 0 Å². The molecule has 0 bridgehead atoms. The van der Waals surface area contributed by atoms with Crippen LogP contribution in [0.4, 0.5) is 0 Å². The number of aromatic hydroxyl groups is 1. The summed E-state index contributed by atoms with van der Waals surface area (Å²) in [5, 5.41) is 18.3. The Balaban J connectivity index is 2.09. The lowest BCUT2D eigenvalue weighted by Crippen LogP contribution is -2.15. The predicted octanol–water partition coefficient (Wildman–Crippen LogP) is 1.95. The fraction of sp³-hybridized carbons (Fsp3) is 0.188. The topological polar surface area (TPSA) is 110 Å². The van der Waals surface area contributed by atoms with E-state index in [2.05, 4.69) is 0 Å². The summed E-state index contributed by atoms with van der Waals surface area (Å²) in [4.78, 5) is 11.0. The standard InChI is InChI=1S/C16H16O7S/c1-22-14-4-2-3-5-15(14)24(20,21)9-8-23-11-6-7-13(17)12(10-11)16(18)19/h2-7,10,17H,8-9H2,1H3,(H,18,19). The highest BCUT2D eigenvalue weighted by Crippen LogP contribution is 2.25. The number of benzene rings is 2. The van der Waals surface area contributed by atoms with Gasteiger partial charge in [-0.2, -0.15) is 0 Å². The number of hydrogen-bond donors (Lipinski definition) is 2. The van der Waals surface area contributed by atoms with Gasteiger partial charge < -0.3 is 19.7 Å². The number of ether oxygens (including phenoxy) is 2. The average molecular weight is 352 g/mol. The Bertz CT molecular complexity index is 843. The summed E-state index contributed by atoms with van der Waals surface area (Å²) in [6, 6.07) is 9.91. The molecular formula is C16H16O7S. The first-order valence-electron chi connectivity index (χ1n) is 6.90. The molecule has 128 valence electrons. The molecule has 0 saturated carbocycles. The predicted molar refractivity (Wildman–Crippen MR) is 85.6 cm³/mol. The first-order valence-corrected chi connectivity index (χ1v) is 8.55. The summed E-state index contributed by atoms with van der Waals surface area (Å²) in [6.07, 6.45) is 0. The number of phenols is 1. The normalized spacial score (nSPS) is 11.0. The minimum Gasteiger partial charge on any atom is -0.507 e. The quantitative estimate of drug-likeness (QED) is 0.783.